The van der Waals surface area contributed by atoms with Crippen LogP contribution in [0.5, 0.6) is 0 Å². The van der Waals surface area contributed by atoms with Crippen LogP contribution in [-0.2, 0) is 31.4 Å². The van der Waals surface area contributed by atoms with E-state index < -0.39 is 23.5 Å². The fourth-order valence-corrected chi connectivity index (χ4v) is 5.93. The van der Waals surface area contributed by atoms with Gasteiger partial charge in [-0.25, -0.2) is 14.0 Å². The number of benzene rings is 1. The van der Waals surface area contributed by atoms with Gasteiger partial charge in [0.15, 0.2) is 11.2 Å². The average Bonchev–Trinajstić information content (AvgIpc) is 3.33. The Morgan fingerprint density at radius 3 is 2.15 bits per heavy atom. The largest absolute Gasteiger partial charge is 0.390 e. The summed E-state index contributed by atoms with van der Waals surface area (Å²) in [5.74, 6) is 0.193. The monoisotopic (exact) mass is 606 g/mol. The molecule has 1 aromatic carbocycles. The van der Waals surface area contributed by atoms with Crippen LogP contribution in [0.4, 0.5) is 0 Å². The van der Waals surface area contributed by atoms with Gasteiger partial charge in [-0.15, -0.1) is 0 Å². The molecular weight excluding hydrogens is 568 g/mol. The summed E-state index contributed by atoms with van der Waals surface area (Å²) in [4.78, 5) is 34.6. The van der Waals surface area contributed by atoms with E-state index in [-0.39, 0.29) is 12.5 Å². The number of β-amino-alcohol motifs (C(OH)–C–C–N with tert-alkyl or cyclic N) is 2. The average molecular weight is 607 g/mol. The van der Waals surface area contributed by atoms with Crippen molar-refractivity contribution in [2.45, 2.75) is 53.0 Å². The summed E-state index contributed by atoms with van der Waals surface area (Å²) < 4.78 is 16.1. The molecule has 1 aliphatic rings. The van der Waals surface area contributed by atoms with Crippen molar-refractivity contribution >= 4 is 38.9 Å². The third-order valence-electron chi connectivity index (χ3n) is 7.53. The molecule has 41 heavy (non-hydrogen) atoms. The number of imidazole rings is 1. The maximum Gasteiger partial charge on any atom is 0.332 e. The molecule has 0 aliphatic carbocycles. The van der Waals surface area contributed by atoms with Gasteiger partial charge in [0.25, 0.3) is 5.56 Å². The van der Waals surface area contributed by atoms with E-state index >= 15 is 0 Å². The molecule has 0 spiro atoms. The normalized spacial score (nSPS) is 16.4. The molecule has 13 heteroatoms. The Kier molecular flexibility index (Phi) is 10.0. The maximum atomic E-state index is 12.9. The second-order valence-electron chi connectivity index (χ2n) is 11.4. The van der Waals surface area contributed by atoms with Gasteiger partial charge < -0.3 is 14.8 Å². The van der Waals surface area contributed by atoms with Crippen LogP contribution in [0.2, 0.25) is 5.02 Å². The molecule has 3 aromatic rings. The summed E-state index contributed by atoms with van der Waals surface area (Å²) in [5.41, 5.74) is 2.23. The minimum Gasteiger partial charge on any atom is -0.390 e. The first kappa shape index (κ1) is 31.3. The van der Waals surface area contributed by atoms with Gasteiger partial charge in [0.2, 0.25) is 0 Å². The number of hydrogen-bond donors (Lipinski definition) is 2. The van der Waals surface area contributed by atoms with Crippen LogP contribution in [0.15, 0.2) is 28.0 Å². The fraction of sp³-hybridized carbons (Fsp3) is 0.571. The van der Waals surface area contributed by atoms with E-state index in [9.17, 15) is 24.0 Å². The zero-order valence-electron chi connectivity index (χ0n) is 24.2. The SMILES string of the molecule is Cc1cc(C(=S=O)C(O)CN2CCN(CC(O)Cn3cnc4c3c(=O)n(C)c(=O)n4CC(C)C)CC2)cc(C)c1Cl. The van der Waals surface area contributed by atoms with Crippen LogP contribution in [0, 0.1) is 19.8 Å². The number of piperazine rings is 1. The molecule has 4 rings (SSSR count). The second-order valence-corrected chi connectivity index (χ2v) is 12.3. The van der Waals surface area contributed by atoms with Crippen LogP contribution in [0.25, 0.3) is 11.2 Å². The highest BCUT2D eigenvalue weighted by atomic mass is 35.5. The van der Waals surface area contributed by atoms with E-state index in [1.165, 1.54) is 17.9 Å². The molecule has 1 fully saturated rings. The number of aliphatic hydroxyl groups excluding tert-OH is 2. The lowest BCUT2D eigenvalue weighted by Gasteiger charge is -2.36. The van der Waals surface area contributed by atoms with Crippen LogP contribution < -0.4 is 11.2 Å². The Balaban J connectivity index is 1.36. The molecule has 1 aliphatic heterocycles. The van der Waals surface area contributed by atoms with Crippen molar-refractivity contribution in [3.63, 3.8) is 0 Å². The smallest absolute Gasteiger partial charge is 0.332 e. The molecule has 0 bridgehead atoms. The number of aryl methyl sites for hydroxylation is 2. The Morgan fingerprint density at radius 1 is 1.00 bits per heavy atom. The summed E-state index contributed by atoms with van der Waals surface area (Å²) >= 11 is 6.58. The van der Waals surface area contributed by atoms with E-state index in [1.54, 1.807) is 4.57 Å². The first-order chi connectivity index (χ1) is 19.4. The minimum absolute atomic E-state index is 0.170. The first-order valence-corrected chi connectivity index (χ1v) is 14.9. The predicted molar refractivity (Wildman–Crippen MR) is 162 cm³/mol. The Morgan fingerprint density at radius 2 is 1.59 bits per heavy atom. The summed E-state index contributed by atoms with van der Waals surface area (Å²) in [6.07, 6.45) is -0.163. The van der Waals surface area contributed by atoms with Crippen molar-refractivity contribution in [3.05, 3.63) is 61.0 Å². The van der Waals surface area contributed by atoms with E-state index in [2.05, 4.69) is 14.8 Å². The summed E-state index contributed by atoms with van der Waals surface area (Å²) in [5, 5.41) is 22.4. The zero-order chi connectivity index (χ0) is 30.0. The van der Waals surface area contributed by atoms with Gasteiger partial charge in [0.1, 0.15) is 6.10 Å². The topological polar surface area (TPSA) is 126 Å². The molecule has 224 valence electrons. The van der Waals surface area contributed by atoms with Gasteiger partial charge in [-0.05, 0) is 48.6 Å². The summed E-state index contributed by atoms with van der Waals surface area (Å²) in [6, 6.07) is 3.67. The Hall–Kier alpha value is -2.61. The van der Waals surface area contributed by atoms with E-state index in [1.807, 2.05) is 39.8 Å². The molecule has 11 nitrogen and oxygen atoms in total. The lowest BCUT2D eigenvalue weighted by molar-refractivity contribution is 0.0548. The van der Waals surface area contributed by atoms with Crippen LogP contribution in [-0.4, -0.2) is 99.2 Å². The van der Waals surface area contributed by atoms with Crippen LogP contribution in [0.3, 0.4) is 0 Å². The lowest BCUT2D eigenvalue weighted by Crippen LogP contribution is -2.51. The van der Waals surface area contributed by atoms with Crippen LogP contribution >= 0.6 is 11.6 Å². The molecule has 0 radical (unpaired) electrons. The molecule has 0 amide bonds. The standard InChI is InChI=1S/C28H39ClN6O5S/c1-17(2)12-35-26-24(27(38)31(5)28(35)39)34(16-30-26)14-21(36)13-32-6-8-33(9-7-32)15-22(37)25(41-40)20-10-18(3)23(29)19(4)11-20/h10-11,16-17,21-22,36-37H,6-9,12-15H2,1-5H3. The molecule has 1 saturated heterocycles. The van der Waals surface area contributed by atoms with Crippen molar-refractivity contribution in [3.8, 4) is 0 Å². The molecule has 3 heterocycles. The number of hydrogen-bond acceptors (Lipinski definition) is 8. The van der Waals surface area contributed by atoms with Crippen molar-refractivity contribution in [1.29, 1.82) is 0 Å². The number of nitrogens with zero attached hydrogens (tertiary/aromatic N) is 6. The van der Waals surface area contributed by atoms with E-state index in [4.69, 9.17) is 11.6 Å². The highest BCUT2D eigenvalue weighted by molar-refractivity contribution is 7.67. The van der Waals surface area contributed by atoms with Gasteiger partial charge in [-0.2, -0.15) is 0 Å². The highest BCUT2D eigenvalue weighted by Crippen LogP contribution is 2.23. The highest BCUT2D eigenvalue weighted by Gasteiger charge is 2.25. The van der Waals surface area contributed by atoms with Gasteiger partial charge in [0, 0.05) is 57.9 Å². The molecule has 2 atom stereocenters. The molecule has 2 unspecified atom stereocenters. The summed E-state index contributed by atoms with van der Waals surface area (Å²) in [7, 11) is 1.46. The third-order valence-corrected chi connectivity index (χ3v) is 8.82. The molecule has 2 aromatic heterocycles. The molecular formula is C28H39ClN6O5S. The van der Waals surface area contributed by atoms with Crippen molar-refractivity contribution < 1.29 is 14.4 Å². The summed E-state index contributed by atoms with van der Waals surface area (Å²) in [6.45, 7) is 11.8. The maximum absolute atomic E-state index is 12.9. The Labute approximate surface area is 247 Å². The third kappa shape index (κ3) is 6.90. The number of aromatic nitrogens is 4. The van der Waals surface area contributed by atoms with Gasteiger partial charge in [-0.1, -0.05) is 25.4 Å². The van der Waals surface area contributed by atoms with E-state index in [0.717, 1.165) is 15.7 Å². The Bertz CT molecular complexity index is 1560. The predicted octanol–water partition coefficient (Wildman–Crippen LogP) is 0.596. The van der Waals surface area contributed by atoms with Crippen molar-refractivity contribution in [2.24, 2.45) is 13.0 Å². The number of fused-ring (bicyclic) bond motifs is 1. The quantitative estimate of drug-likeness (QED) is 0.254. The number of rotatable bonds is 10. The number of aliphatic hydroxyl groups is 2. The van der Waals surface area contributed by atoms with Gasteiger partial charge >= 0.3 is 5.69 Å². The minimum atomic E-state index is -0.917. The van der Waals surface area contributed by atoms with Crippen molar-refractivity contribution in [2.75, 3.05) is 39.3 Å². The lowest BCUT2D eigenvalue weighted by atomic mass is 10.0. The molecule has 0 saturated carbocycles. The second kappa shape index (κ2) is 13.1. The first-order valence-electron chi connectivity index (χ1n) is 13.8. The molecule has 2 N–H and O–H groups in total. The van der Waals surface area contributed by atoms with Gasteiger partial charge in [0.05, 0.1) is 35.1 Å². The zero-order valence-corrected chi connectivity index (χ0v) is 25.8. The van der Waals surface area contributed by atoms with Crippen molar-refractivity contribution in [1.82, 2.24) is 28.5 Å². The van der Waals surface area contributed by atoms with Crippen LogP contribution in [0.1, 0.15) is 30.5 Å². The number of halogens is 1. The van der Waals surface area contributed by atoms with E-state index in [0.29, 0.717) is 83.7 Å². The van der Waals surface area contributed by atoms with Gasteiger partial charge in [-0.3, -0.25) is 23.7 Å². The fourth-order valence-electron chi connectivity index (χ4n) is 5.42.